The molecule has 0 amide bonds. The van der Waals surface area contributed by atoms with E-state index in [0.717, 1.165) is 44.9 Å². The maximum absolute atomic E-state index is 13.3. The Morgan fingerprint density at radius 1 is 1.12 bits per heavy atom. The first-order valence-corrected chi connectivity index (χ1v) is 10.2. The van der Waals surface area contributed by atoms with Crippen LogP contribution in [0.5, 0.6) is 0 Å². The molecule has 4 rings (SSSR count). The molecule has 4 aliphatic carbocycles. The van der Waals surface area contributed by atoms with Crippen LogP contribution in [-0.2, 0) is 9.59 Å². The number of fused-ring (bicyclic) bond motifs is 5. The summed E-state index contributed by atoms with van der Waals surface area (Å²) in [7, 11) is 0. The third-order valence-corrected chi connectivity index (χ3v) is 8.87. The van der Waals surface area contributed by atoms with Gasteiger partial charge < -0.3 is 10.2 Å². The number of hydrogen-bond acceptors (Lipinski definition) is 4. The topological polar surface area (TPSA) is 74.6 Å². The zero-order chi connectivity index (χ0) is 18.0. The van der Waals surface area contributed by atoms with Crippen LogP contribution < -0.4 is 0 Å². The normalized spacial score (nSPS) is 52.2. The summed E-state index contributed by atoms with van der Waals surface area (Å²) in [4.78, 5) is 25.6. The molecule has 140 valence electrons. The van der Waals surface area contributed by atoms with E-state index in [1.807, 2.05) is 0 Å². The lowest BCUT2D eigenvalue weighted by Crippen LogP contribution is -2.58. The monoisotopic (exact) mass is 348 g/mol. The summed E-state index contributed by atoms with van der Waals surface area (Å²) in [5.74, 6) is 1.52. The Hall–Kier alpha value is -0.740. The maximum atomic E-state index is 13.3. The van der Waals surface area contributed by atoms with Crippen LogP contribution in [0.1, 0.15) is 65.2 Å². The van der Waals surface area contributed by atoms with Crippen molar-refractivity contribution in [3.05, 3.63) is 0 Å². The highest BCUT2D eigenvalue weighted by atomic mass is 16.3. The van der Waals surface area contributed by atoms with E-state index in [9.17, 15) is 19.8 Å². The fourth-order valence-electron chi connectivity index (χ4n) is 7.69. The van der Waals surface area contributed by atoms with E-state index < -0.39 is 6.61 Å². The third-order valence-electron chi connectivity index (χ3n) is 8.87. The lowest BCUT2D eigenvalue weighted by atomic mass is 9.44. The maximum Gasteiger partial charge on any atom is 0.161 e. The number of aliphatic hydroxyl groups excluding tert-OH is 2. The SMILES string of the molecule is CC12CC(=O)C3[C@@H](CCC4C[C@H](O)CC[C@@]43C)C1CC[C@@H]2C(=O)CO. The number of carbonyl (C=O) groups excluding carboxylic acids is 2. The lowest BCUT2D eigenvalue weighted by molar-refractivity contribution is -0.162. The molecule has 4 saturated carbocycles. The van der Waals surface area contributed by atoms with Gasteiger partial charge in [-0.1, -0.05) is 13.8 Å². The molecule has 0 aromatic heterocycles. The predicted molar refractivity (Wildman–Crippen MR) is 93.7 cm³/mol. The van der Waals surface area contributed by atoms with E-state index in [4.69, 9.17) is 0 Å². The first-order valence-electron chi connectivity index (χ1n) is 10.2. The molecular formula is C21H32O4. The van der Waals surface area contributed by atoms with Gasteiger partial charge in [0.2, 0.25) is 0 Å². The van der Waals surface area contributed by atoms with Gasteiger partial charge in [-0.15, -0.1) is 0 Å². The van der Waals surface area contributed by atoms with Crippen molar-refractivity contribution in [2.75, 3.05) is 6.61 Å². The molecule has 0 aliphatic heterocycles. The molecule has 0 bridgehead atoms. The lowest BCUT2D eigenvalue weighted by Gasteiger charge is -2.59. The third kappa shape index (κ3) is 2.39. The van der Waals surface area contributed by atoms with Gasteiger partial charge in [-0.2, -0.15) is 0 Å². The molecule has 0 spiro atoms. The fourth-order valence-corrected chi connectivity index (χ4v) is 7.69. The van der Waals surface area contributed by atoms with Crippen LogP contribution >= 0.6 is 0 Å². The van der Waals surface area contributed by atoms with E-state index in [-0.39, 0.29) is 34.6 Å². The van der Waals surface area contributed by atoms with Crippen molar-refractivity contribution in [3.8, 4) is 0 Å². The van der Waals surface area contributed by atoms with E-state index >= 15 is 0 Å². The summed E-state index contributed by atoms with van der Waals surface area (Å²) >= 11 is 0. The Labute approximate surface area is 150 Å². The Morgan fingerprint density at radius 3 is 2.60 bits per heavy atom. The van der Waals surface area contributed by atoms with E-state index in [2.05, 4.69) is 13.8 Å². The van der Waals surface area contributed by atoms with Crippen molar-refractivity contribution in [3.63, 3.8) is 0 Å². The highest BCUT2D eigenvalue weighted by Gasteiger charge is 2.63. The quantitative estimate of drug-likeness (QED) is 0.805. The minimum absolute atomic E-state index is 0.0274. The van der Waals surface area contributed by atoms with Crippen LogP contribution in [0.4, 0.5) is 0 Å². The summed E-state index contributed by atoms with van der Waals surface area (Å²) in [5, 5.41) is 19.5. The van der Waals surface area contributed by atoms with Gasteiger partial charge in [0.05, 0.1) is 6.10 Å². The van der Waals surface area contributed by atoms with E-state index in [1.165, 1.54) is 0 Å². The zero-order valence-corrected chi connectivity index (χ0v) is 15.5. The molecule has 4 heteroatoms. The molecule has 4 unspecified atom stereocenters. The average molecular weight is 348 g/mol. The van der Waals surface area contributed by atoms with Crippen molar-refractivity contribution in [1.29, 1.82) is 0 Å². The molecule has 0 heterocycles. The van der Waals surface area contributed by atoms with Crippen LogP contribution in [-0.4, -0.2) is 34.5 Å². The van der Waals surface area contributed by atoms with Gasteiger partial charge in [-0.3, -0.25) is 9.59 Å². The van der Waals surface area contributed by atoms with Crippen LogP contribution in [0.2, 0.25) is 0 Å². The number of carbonyl (C=O) groups is 2. The van der Waals surface area contributed by atoms with E-state index in [0.29, 0.717) is 30.0 Å². The molecule has 0 saturated heterocycles. The average Bonchev–Trinajstić information content (AvgIpc) is 2.91. The second kappa shape index (κ2) is 5.88. The van der Waals surface area contributed by atoms with Gasteiger partial charge in [0.25, 0.3) is 0 Å². The molecule has 4 aliphatic rings. The number of rotatable bonds is 2. The molecule has 2 N–H and O–H groups in total. The summed E-state index contributed by atoms with van der Waals surface area (Å²) in [6.07, 6.45) is 6.93. The number of aliphatic hydroxyl groups is 2. The largest absolute Gasteiger partial charge is 0.393 e. The zero-order valence-electron chi connectivity index (χ0n) is 15.5. The summed E-state index contributed by atoms with van der Waals surface area (Å²) in [6.45, 7) is 4.04. The second-order valence-corrected chi connectivity index (χ2v) is 9.86. The Balaban J connectivity index is 1.66. The molecule has 25 heavy (non-hydrogen) atoms. The number of ketones is 2. The second-order valence-electron chi connectivity index (χ2n) is 9.86. The smallest absolute Gasteiger partial charge is 0.161 e. The Bertz CT molecular complexity index is 586. The Morgan fingerprint density at radius 2 is 1.88 bits per heavy atom. The number of Topliss-reactive ketones (excluding diaryl/α,β-unsaturated/α-hetero) is 2. The molecule has 4 fully saturated rings. The predicted octanol–water partition coefficient (Wildman–Crippen LogP) is 2.75. The van der Waals surface area contributed by atoms with Crippen molar-refractivity contribution >= 4 is 11.6 Å². The standard InChI is InChI=1S/C21H32O4/c1-20-8-7-13(23)9-12(20)3-4-14-15-5-6-16(18(25)11-22)21(15,2)10-17(24)19(14)20/h12-16,19,22-23H,3-11H2,1-2H3/t12?,13-,14+,15?,16-,19?,20+,21?/m1/s1. The molecule has 0 radical (unpaired) electrons. The van der Waals surface area contributed by atoms with E-state index in [1.54, 1.807) is 0 Å². The summed E-state index contributed by atoms with van der Waals surface area (Å²) in [5.41, 5.74) is -0.227. The molecule has 0 aromatic carbocycles. The highest BCUT2D eigenvalue weighted by Crippen LogP contribution is 2.66. The highest BCUT2D eigenvalue weighted by molar-refractivity contribution is 5.88. The van der Waals surface area contributed by atoms with Crippen LogP contribution in [0, 0.1) is 40.4 Å². The van der Waals surface area contributed by atoms with Crippen molar-refractivity contribution in [2.45, 2.75) is 71.3 Å². The molecule has 0 aromatic rings. The van der Waals surface area contributed by atoms with Gasteiger partial charge in [0.1, 0.15) is 12.4 Å². The number of hydrogen-bond donors (Lipinski definition) is 2. The van der Waals surface area contributed by atoms with Crippen LogP contribution in [0.25, 0.3) is 0 Å². The van der Waals surface area contributed by atoms with Crippen molar-refractivity contribution in [2.24, 2.45) is 40.4 Å². The van der Waals surface area contributed by atoms with Gasteiger partial charge in [-0.25, -0.2) is 0 Å². The first-order chi connectivity index (χ1) is 11.8. The van der Waals surface area contributed by atoms with Gasteiger partial charge in [0.15, 0.2) is 5.78 Å². The molecule has 8 atom stereocenters. The van der Waals surface area contributed by atoms with Gasteiger partial charge in [0, 0.05) is 18.3 Å². The fraction of sp³-hybridized carbons (Fsp3) is 0.905. The minimum atomic E-state index is -0.396. The molecule has 4 nitrogen and oxygen atoms in total. The first kappa shape index (κ1) is 17.7. The van der Waals surface area contributed by atoms with Crippen molar-refractivity contribution < 1.29 is 19.8 Å². The van der Waals surface area contributed by atoms with Crippen LogP contribution in [0.15, 0.2) is 0 Å². The van der Waals surface area contributed by atoms with Gasteiger partial charge >= 0.3 is 0 Å². The summed E-state index contributed by atoms with van der Waals surface area (Å²) in [6, 6.07) is 0. The minimum Gasteiger partial charge on any atom is -0.393 e. The van der Waals surface area contributed by atoms with Crippen LogP contribution in [0.3, 0.4) is 0 Å². The summed E-state index contributed by atoms with van der Waals surface area (Å²) < 4.78 is 0. The van der Waals surface area contributed by atoms with Crippen molar-refractivity contribution in [1.82, 2.24) is 0 Å². The van der Waals surface area contributed by atoms with Gasteiger partial charge in [-0.05, 0) is 73.5 Å². The Kier molecular flexibility index (Phi) is 4.16. The molecular weight excluding hydrogens is 316 g/mol.